The summed E-state index contributed by atoms with van der Waals surface area (Å²) in [7, 11) is 0. The van der Waals surface area contributed by atoms with Crippen LogP contribution in [0.15, 0.2) is 47.1 Å². The Hall–Kier alpha value is -2.16. The molecule has 0 N–H and O–H groups in total. The minimum Gasteiger partial charge on any atom is -0.461 e. The van der Waals surface area contributed by atoms with Gasteiger partial charge in [0.05, 0.1) is 6.26 Å². The number of carbonyl (C=O) groups is 2. The van der Waals surface area contributed by atoms with Gasteiger partial charge in [-0.2, -0.15) is 0 Å². The predicted octanol–water partition coefficient (Wildman–Crippen LogP) is 2.91. The Bertz CT molecular complexity index is 596. The standard InChI is InChI=1S/C15H12O3/c16-13(14-6-3-7-18-14)9-11-8-10-4-1-2-5-12(10)15(11)17/h1-7,11H,8-9H2. The van der Waals surface area contributed by atoms with Gasteiger partial charge in [0, 0.05) is 17.9 Å². The summed E-state index contributed by atoms with van der Waals surface area (Å²) >= 11 is 0. The van der Waals surface area contributed by atoms with Crippen LogP contribution in [0.1, 0.15) is 32.9 Å². The van der Waals surface area contributed by atoms with Gasteiger partial charge in [-0.25, -0.2) is 0 Å². The van der Waals surface area contributed by atoms with Crippen molar-refractivity contribution in [2.75, 3.05) is 0 Å². The lowest BCUT2D eigenvalue weighted by molar-refractivity contribution is 0.0853. The maximum Gasteiger partial charge on any atom is 0.198 e. The van der Waals surface area contributed by atoms with E-state index in [4.69, 9.17) is 4.42 Å². The van der Waals surface area contributed by atoms with Crippen LogP contribution in [0.3, 0.4) is 0 Å². The Labute approximate surface area is 104 Å². The van der Waals surface area contributed by atoms with E-state index in [0.29, 0.717) is 12.2 Å². The molecule has 0 spiro atoms. The van der Waals surface area contributed by atoms with Crippen molar-refractivity contribution in [2.45, 2.75) is 12.8 Å². The Morgan fingerprint density at radius 1 is 1.22 bits per heavy atom. The largest absolute Gasteiger partial charge is 0.461 e. The van der Waals surface area contributed by atoms with Crippen molar-refractivity contribution in [3.8, 4) is 0 Å². The van der Waals surface area contributed by atoms with E-state index in [1.54, 1.807) is 12.1 Å². The maximum absolute atomic E-state index is 12.1. The minimum absolute atomic E-state index is 0.0745. The fourth-order valence-electron chi connectivity index (χ4n) is 2.44. The number of carbonyl (C=O) groups excluding carboxylic acids is 2. The first-order valence-electron chi connectivity index (χ1n) is 5.94. The highest BCUT2D eigenvalue weighted by atomic mass is 16.3. The summed E-state index contributed by atoms with van der Waals surface area (Å²) in [5, 5.41) is 0. The first-order valence-corrected chi connectivity index (χ1v) is 5.94. The van der Waals surface area contributed by atoms with Gasteiger partial charge in [0.15, 0.2) is 17.3 Å². The zero-order valence-corrected chi connectivity index (χ0v) is 9.76. The number of benzene rings is 1. The molecule has 1 aliphatic rings. The lowest BCUT2D eigenvalue weighted by atomic mass is 9.97. The second kappa shape index (κ2) is 4.26. The van der Waals surface area contributed by atoms with Gasteiger partial charge in [-0.1, -0.05) is 24.3 Å². The Morgan fingerprint density at radius 2 is 2.06 bits per heavy atom. The molecule has 0 bridgehead atoms. The van der Waals surface area contributed by atoms with E-state index < -0.39 is 0 Å². The fraction of sp³-hybridized carbons (Fsp3) is 0.200. The zero-order valence-electron chi connectivity index (χ0n) is 9.76. The SMILES string of the molecule is O=C(CC1Cc2ccccc2C1=O)c1ccco1. The number of rotatable bonds is 3. The van der Waals surface area contributed by atoms with Crippen LogP contribution in [0.5, 0.6) is 0 Å². The molecule has 0 aliphatic heterocycles. The van der Waals surface area contributed by atoms with Crippen LogP contribution in [0.2, 0.25) is 0 Å². The van der Waals surface area contributed by atoms with E-state index in [0.717, 1.165) is 11.1 Å². The van der Waals surface area contributed by atoms with Crippen LogP contribution < -0.4 is 0 Å². The average Bonchev–Trinajstić information content (AvgIpc) is 3.00. The summed E-state index contributed by atoms with van der Waals surface area (Å²) in [6.07, 6.45) is 2.35. The molecule has 1 aromatic carbocycles. The lowest BCUT2D eigenvalue weighted by Gasteiger charge is -2.04. The van der Waals surface area contributed by atoms with Crippen LogP contribution in [-0.4, -0.2) is 11.6 Å². The van der Waals surface area contributed by atoms with Crippen LogP contribution in [-0.2, 0) is 6.42 Å². The molecule has 2 aromatic rings. The van der Waals surface area contributed by atoms with E-state index in [2.05, 4.69) is 0 Å². The molecule has 90 valence electrons. The molecule has 0 fully saturated rings. The third-order valence-corrected chi connectivity index (χ3v) is 3.35. The first kappa shape index (κ1) is 11.0. The molecule has 3 rings (SSSR count). The van der Waals surface area contributed by atoms with Crippen molar-refractivity contribution in [1.82, 2.24) is 0 Å². The molecule has 0 amide bonds. The van der Waals surface area contributed by atoms with Gasteiger partial charge in [-0.3, -0.25) is 9.59 Å². The molecular weight excluding hydrogens is 228 g/mol. The maximum atomic E-state index is 12.1. The highest BCUT2D eigenvalue weighted by molar-refractivity contribution is 6.05. The van der Waals surface area contributed by atoms with Crippen LogP contribution in [0.25, 0.3) is 0 Å². The lowest BCUT2D eigenvalue weighted by Crippen LogP contribution is -2.14. The topological polar surface area (TPSA) is 47.3 Å². The van der Waals surface area contributed by atoms with Gasteiger partial charge in [0.2, 0.25) is 0 Å². The van der Waals surface area contributed by atoms with Crippen LogP contribution >= 0.6 is 0 Å². The normalized spacial score (nSPS) is 17.8. The third kappa shape index (κ3) is 1.78. The fourth-order valence-corrected chi connectivity index (χ4v) is 2.44. The van der Waals surface area contributed by atoms with Crippen molar-refractivity contribution in [1.29, 1.82) is 0 Å². The molecule has 1 aromatic heterocycles. The zero-order chi connectivity index (χ0) is 12.5. The second-order valence-corrected chi connectivity index (χ2v) is 4.53. The molecule has 18 heavy (non-hydrogen) atoms. The molecule has 3 nitrogen and oxygen atoms in total. The number of ketones is 2. The van der Waals surface area contributed by atoms with Crippen molar-refractivity contribution >= 4 is 11.6 Å². The molecule has 1 atom stereocenters. The third-order valence-electron chi connectivity index (χ3n) is 3.35. The van der Waals surface area contributed by atoms with Crippen LogP contribution in [0.4, 0.5) is 0 Å². The summed E-state index contributed by atoms with van der Waals surface area (Å²) in [4.78, 5) is 24.0. The van der Waals surface area contributed by atoms with Crippen molar-refractivity contribution in [2.24, 2.45) is 5.92 Å². The second-order valence-electron chi connectivity index (χ2n) is 4.53. The van der Waals surface area contributed by atoms with E-state index >= 15 is 0 Å². The number of Topliss-reactive ketones (excluding diaryl/α,β-unsaturated/α-hetero) is 2. The molecule has 1 unspecified atom stereocenters. The Morgan fingerprint density at radius 3 is 2.78 bits per heavy atom. The predicted molar refractivity (Wildman–Crippen MR) is 65.6 cm³/mol. The number of hydrogen-bond donors (Lipinski definition) is 0. The number of hydrogen-bond acceptors (Lipinski definition) is 3. The van der Waals surface area contributed by atoms with Gasteiger partial charge < -0.3 is 4.42 Å². The quantitative estimate of drug-likeness (QED) is 0.775. The number of furan rings is 1. The summed E-state index contributed by atoms with van der Waals surface area (Å²) < 4.78 is 5.06. The summed E-state index contributed by atoms with van der Waals surface area (Å²) in [6.45, 7) is 0. The molecule has 0 saturated heterocycles. The minimum atomic E-state index is -0.236. The van der Waals surface area contributed by atoms with Gasteiger partial charge in [0.1, 0.15) is 0 Å². The molecule has 1 aliphatic carbocycles. The monoisotopic (exact) mass is 240 g/mol. The molecular formula is C15H12O3. The van der Waals surface area contributed by atoms with Gasteiger partial charge >= 0.3 is 0 Å². The van der Waals surface area contributed by atoms with Gasteiger partial charge in [0.25, 0.3) is 0 Å². The van der Waals surface area contributed by atoms with Crippen molar-refractivity contribution in [3.63, 3.8) is 0 Å². The van der Waals surface area contributed by atoms with E-state index in [9.17, 15) is 9.59 Å². The average molecular weight is 240 g/mol. The molecule has 3 heteroatoms. The summed E-state index contributed by atoms with van der Waals surface area (Å²) in [5.74, 6) is 0.0652. The van der Waals surface area contributed by atoms with E-state index in [1.807, 2.05) is 24.3 Å². The highest BCUT2D eigenvalue weighted by Crippen LogP contribution is 2.29. The van der Waals surface area contributed by atoms with E-state index in [-0.39, 0.29) is 23.9 Å². The van der Waals surface area contributed by atoms with Crippen molar-refractivity contribution < 1.29 is 14.0 Å². The summed E-state index contributed by atoms with van der Waals surface area (Å²) in [5.41, 5.74) is 1.80. The number of fused-ring (bicyclic) bond motifs is 1. The van der Waals surface area contributed by atoms with Crippen molar-refractivity contribution in [3.05, 3.63) is 59.5 Å². The molecule has 1 heterocycles. The first-order chi connectivity index (χ1) is 8.75. The van der Waals surface area contributed by atoms with Gasteiger partial charge in [-0.05, 0) is 24.1 Å². The highest BCUT2D eigenvalue weighted by Gasteiger charge is 2.32. The smallest absolute Gasteiger partial charge is 0.198 e. The molecule has 0 saturated carbocycles. The summed E-state index contributed by atoms with van der Waals surface area (Å²) in [6, 6.07) is 10.9. The van der Waals surface area contributed by atoms with Gasteiger partial charge in [-0.15, -0.1) is 0 Å². The Balaban J connectivity index is 1.77. The molecule has 0 radical (unpaired) electrons. The van der Waals surface area contributed by atoms with Crippen LogP contribution in [0, 0.1) is 5.92 Å². The Kier molecular flexibility index (Phi) is 2.59. The van der Waals surface area contributed by atoms with E-state index in [1.165, 1.54) is 6.26 Å².